The third-order valence-corrected chi connectivity index (χ3v) is 4.16. The second kappa shape index (κ2) is 12.3. The highest BCUT2D eigenvalue weighted by molar-refractivity contribution is 5.92. The molecule has 0 aromatic heterocycles. The number of hydrogen-bond acceptors (Lipinski definition) is 3. The van der Waals surface area contributed by atoms with Crippen LogP contribution >= 0.6 is 0 Å². The molecule has 6 heteroatoms. The van der Waals surface area contributed by atoms with E-state index in [-0.39, 0.29) is 5.91 Å². The average Bonchev–Trinajstić information content (AvgIpc) is 2.57. The monoisotopic (exact) mass is 375 g/mol. The molecule has 0 aliphatic carbocycles. The number of carbonyl (C=O) groups is 1. The van der Waals surface area contributed by atoms with Gasteiger partial charge >= 0.3 is 0 Å². The minimum Gasteiger partial charge on any atom is -0.354 e. The summed E-state index contributed by atoms with van der Waals surface area (Å²) < 4.78 is 0. The standard InChI is InChI=1S/C21H37N5O/c1-16(2)9-7-10-17(3)24-21(22-4)23-14-18-11-8-12-19(13-18)25-20(27)15-26(5)6/h8,11-13,16-17H,7,9-10,14-15H2,1-6H3,(H,25,27)(H2,22,23,24). The zero-order valence-corrected chi connectivity index (χ0v) is 17.8. The number of amides is 1. The van der Waals surface area contributed by atoms with E-state index in [2.05, 4.69) is 41.7 Å². The number of hydrogen-bond donors (Lipinski definition) is 3. The fourth-order valence-electron chi connectivity index (χ4n) is 2.77. The molecule has 6 nitrogen and oxygen atoms in total. The fraction of sp³-hybridized carbons (Fsp3) is 0.619. The Labute approximate surface area is 164 Å². The Bertz CT molecular complexity index is 598. The van der Waals surface area contributed by atoms with Crippen molar-refractivity contribution in [3.63, 3.8) is 0 Å². The molecule has 1 rings (SSSR count). The normalized spacial score (nSPS) is 13.0. The van der Waals surface area contributed by atoms with Crippen molar-refractivity contribution >= 4 is 17.6 Å². The van der Waals surface area contributed by atoms with E-state index in [1.165, 1.54) is 12.8 Å². The van der Waals surface area contributed by atoms with Gasteiger partial charge in [0.2, 0.25) is 5.91 Å². The molecule has 1 unspecified atom stereocenters. The van der Waals surface area contributed by atoms with Crippen LogP contribution < -0.4 is 16.0 Å². The van der Waals surface area contributed by atoms with Crippen LogP contribution in [0.4, 0.5) is 5.69 Å². The summed E-state index contributed by atoms with van der Waals surface area (Å²) >= 11 is 0. The third-order valence-electron chi connectivity index (χ3n) is 4.16. The first-order valence-corrected chi connectivity index (χ1v) is 9.80. The van der Waals surface area contributed by atoms with Crippen LogP contribution in [0.3, 0.4) is 0 Å². The van der Waals surface area contributed by atoms with Crippen molar-refractivity contribution in [2.24, 2.45) is 10.9 Å². The van der Waals surface area contributed by atoms with Crippen molar-refractivity contribution in [1.82, 2.24) is 15.5 Å². The van der Waals surface area contributed by atoms with E-state index >= 15 is 0 Å². The van der Waals surface area contributed by atoms with Gasteiger partial charge in [-0.15, -0.1) is 0 Å². The molecule has 0 aliphatic heterocycles. The highest BCUT2D eigenvalue weighted by Gasteiger charge is 2.07. The Hall–Kier alpha value is -2.08. The quantitative estimate of drug-likeness (QED) is 0.434. The zero-order valence-electron chi connectivity index (χ0n) is 17.8. The SMILES string of the molecule is CN=C(NCc1cccc(NC(=O)CN(C)C)c1)NC(C)CCCC(C)C. The molecular weight excluding hydrogens is 338 g/mol. The minimum absolute atomic E-state index is 0.0159. The summed E-state index contributed by atoms with van der Waals surface area (Å²) in [6.45, 7) is 7.73. The fourth-order valence-corrected chi connectivity index (χ4v) is 2.77. The summed E-state index contributed by atoms with van der Waals surface area (Å²) in [6.07, 6.45) is 3.61. The van der Waals surface area contributed by atoms with Gasteiger partial charge in [0.15, 0.2) is 5.96 Å². The third kappa shape index (κ3) is 10.6. The molecule has 0 saturated carbocycles. The topological polar surface area (TPSA) is 68.8 Å². The van der Waals surface area contributed by atoms with Crippen LogP contribution in [-0.4, -0.2) is 50.5 Å². The summed E-state index contributed by atoms with van der Waals surface area (Å²) in [5.41, 5.74) is 1.90. The molecule has 3 N–H and O–H groups in total. The highest BCUT2D eigenvalue weighted by Crippen LogP contribution is 2.11. The number of nitrogens with zero attached hydrogens (tertiary/aromatic N) is 2. The molecule has 0 bridgehead atoms. The molecule has 1 amide bonds. The molecule has 152 valence electrons. The summed E-state index contributed by atoms with van der Waals surface area (Å²) in [7, 11) is 5.54. The van der Waals surface area contributed by atoms with Gasteiger partial charge in [0.1, 0.15) is 0 Å². The van der Waals surface area contributed by atoms with Gasteiger partial charge in [0, 0.05) is 25.3 Å². The van der Waals surface area contributed by atoms with Gasteiger partial charge in [-0.2, -0.15) is 0 Å². The van der Waals surface area contributed by atoms with Gasteiger partial charge < -0.3 is 20.9 Å². The van der Waals surface area contributed by atoms with Gasteiger partial charge in [0.05, 0.1) is 6.54 Å². The van der Waals surface area contributed by atoms with E-state index in [1.807, 2.05) is 43.3 Å². The second-order valence-electron chi connectivity index (χ2n) is 7.78. The number of nitrogens with one attached hydrogen (secondary N) is 3. The molecule has 27 heavy (non-hydrogen) atoms. The molecule has 1 atom stereocenters. The number of rotatable bonds is 10. The summed E-state index contributed by atoms with van der Waals surface area (Å²) in [4.78, 5) is 18.1. The summed E-state index contributed by atoms with van der Waals surface area (Å²) in [5, 5.41) is 9.71. The molecule has 0 aliphatic rings. The van der Waals surface area contributed by atoms with Crippen molar-refractivity contribution in [1.29, 1.82) is 0 Å². The smallest absolute Gasteiger partial charge is 0.238 e. The largest absolute Gasteiger partial charge is 0.354 e. The Morgan fingerprint density at radius 3 is 2.56 bits per heavy atom. The highest BCUT2D eigenvalue weighted by atomic mass is 16.2. The zero-order chi connectivity index (χ0) is 20.2. The van der Waals surface area contributed by atoms with Gasteiger partial charge in [0.25, 0.3) is 0 Å². The van der Waals surface area contributed by atoms with Gasteiger partial charge in [-0.05, 0) is 51.1 Å². The Balaban J connectivity index is 2.48. The van der Waals surface area contributed by atoms with E-state index in [0.29, 0.717) is 19.1 Å². The predicted molar refractivity (Wildman–Crippen MR) is 115 cm³/mol. The van der Waals surface area contributed by atoms with E-state index in [0.717, 1.165) is 29.5 Å². The van der Waals surface area contributed by atoms with E-state index in [1.54, 1.807) is 7.05 Å². The molecule has 0 spiro atoms. The molecule has 0 saturated heterocycles. The minimum atomic E-state index is -0.0159. The van der Waals surface area contributed by atoms with Crippen molar-refractivity contribution in [2.75, 3.05) is 33.0 Å². The number of carbonyl (C=O) groups excluding carboxylic acids is 1. The van der Waals surface area contributed by atoms with Crippen molar-refractivity contribution in [3.05, 3.63) is 29.8 Å². The van der Waals surface area contributed by atoms with E-state index in [4.69, 9.17) is 0 Å². The van der Waals surface area contributed by atoms with Crippen LogP contribution in [0.1, 0.15) is 45.6 Å². The Kier molecular flexibility index (Phi) is 10.5. The molecular formula is C21H37N5O. The maximum absolute atomic E-state index is 11.9. The number of guanidine groups is 1. The molecule has 0 heterocycles. The number of benzene rings is 1. The molecule has 0 fully saturated rings. The maximum Gasteiger partial charge on any atom is 0.238 e. The van der Waals surface area contributed by atoms with Crippen LogP contribution in [-0.2, 0) is 11.3 Å². The molecule has 1 aromatic carbocycles. The van der Waals surface area contributed by atoms with E-state index < -0.39 is 0 Å². The number of aliphatic imine (C=N–C) groups is 1. The lowest BCUT2D eigenvalue weighted by Gasteiger charge is -2.18. The van der Waals surface area contributed by atoms with Crippen molar-refractivity contribution in [2.45, 2.75) is 52.6 Å². The Morgan fingerprint density at radius 1 is 1.19 bits per heavy atom. The van der Waals surface area contributed by atoms with Gasteiger partial charge in [-0.25, -0.2) is 0 Å². The van der Waals surface area contributed by atoms with E-state index in [9.17, 15) is 4.79 Å². The van der Waals surface area contributed by atoms with Crippen molar-refractivity contribution < 1.29 is 4.79 Å². The number of anilines is 1. The van der Waals surface area contributed by atoms with Crippen LogP contribution in [0.2, 0.25) is 0 Å². The first-order chi connectivity index (χ1) is 12.8. The lowest BCUT2D eigenvalue weighted by molar-refractivity contribution is -0.116. The second-order valence-corrected chi connectivity index (χ2v) is 7.78. The maximum atomic E-state index is 11.9. The Morgan fingerprint density at radius 2 is 1.93 bits per heavy atom. The van der Waals surface area contributed by atoms with Crippen LogP contribution in [0.25, 0.3) is 0 Å². The summed E-state index contributed by atoms with van der Waals surface area (Å²) in [5.74, 6) is 1.53. The van der Waals surface area contributed by atoms with Crippen molar-refractivity contribution in [3.8, 4) is 0 Å². The molecule has 0 radical (unpaired) electrons. The molecule has 1 aromatic rings. The first kappa shape index (κ1) is 23.0. The lowest BCUT2D eigenvalue weighted by Crippen LogP contribution is -2.41. The number of likely N-dealkylation sites (N-methyl/N-ethyl adjacent to an activating group) is 1. The summed E-state index contributed by atoms with van der Waals surface area (Å²) in [6, 6.07) is 8.26. The average molecular weight is 376 g/mol. The predicted octanol–water partition coefficient (Wildman–Crippen LogP) is 3.07. The van der Waals surface area contributed by atoms with Crippen LogP contribution in [0.15, 0.2) is 29.3 Å². The first-order valence-electron chi connectivity index (χ1n) is 9.80. The van der Waals surface area contributed by atoms with Crippen LogP contribution in [0.5, 0.6) is 0 Å². The van der Waals surface area contributed by atoms with Gasteiger partial charge in [-0.1, -0.05) is 38.8 Å². The lowest BCUT2D eigenvalue weighted by atomic mass is 10.0. The van der Waals surface area contributed by atoms with Crippen LogP contribution in [0, 0.1) is 5.92 Å². The van der Waals surface area contributed by atoms with Gasteiger partial charge in [-0.3, -0.25) is 9.79 Å².